The zero-order valence-electron chi connectivity index (χ0n) is 18.4. The van der Waals surface area contributed by atoms with E-state index in [4.69, 9.17) is 0 Å². The van der Waals surface area contributed by atoms with Gasteiger partial charge in [0.05, 0.1) is 16.3 Å². The molecule has 4 aromatic rings. The Morgan fingerprint density at radius 2 is 1.68 bits per heavy atom. The molecule has 3 aromatic carbocycles. The van der Waals surface area contributed by atoms with Gasteiger partial charge in [-0.3, -0.25) is 9.10 Å². The van der Waals surface area contributed by atoms with Crippen LogP contribution in [0.25, 0.3) is 5.69 Å². The molecule has 0 aliphatic carbocycles. The maximum Gasteiger partial charge on any atom is 0.264 e. The molecule has 0 bridgehead atoms. The number of carbonyl (C=O) groups is 1. The molecule has 0 spiro atoms. The first-order valence-corrected chi connectivity index (χ1v) is 12.0. The minimum atomic E-state index is -4.10. The lowest BCUT2D eigenvalue weighted by Gasteiger charge is -2.24. The van der Waals surface area contributed by atoms with Gasteiger partial charge in [-0.25, -0.2) is 17.8 Å². The standard InChI is InChI=1S/C25H23FN4O3S/c1-19-27-15-16-29(19)24-10-6-5-7-20(24)17-28-25(31)18-30(22-8-3-2-4-9-22)34(32,33)23-13-11-21(26)12-14-23/h2-16H,17-18H2,1H3,(H,28,31). The number of rotatable bonds is 8. The third-order valence-electron chi connectivity index (χ3n) is 5.29. The monoisotopic (exact) mass is 478 g/mol. The molecule has 0 saturated heterocycles. The summed E-state index contributed by atoms with van der Waals surface area (Å²) in [5.41, 5.74) is 2.05. The molecule has 174 valence electrons. The fourth-order valence-electron chi connectivity index (χ4n) is 3.55. The van der Waals surface area contributed by atoms with Gasteiger partial charge in [0.25, 0.3) is 10.0 Å². The minimum absolute atomic E-state index is 0.105. The first-order valence-electron chi connectivity index (χ1n) is 10.5. The quantitative estimate of drug-likeness (QED) is 0.417. The van der Waals surface area contributed by atoms with Crippen LogP contribution in [0.2, 0.25) is 0 Å². The van der Waals surface area contributed by atoms with E-state index in [0.717, 1.165) is 33.5 Å². The van der Waals surface area contributed by atoms with Crippen LogP contribution in [0.3, 0.4) is 0 Å². The summed E-state index contributed by atoms with van der Waals surface area (Å²) in [6.45, 7) is 1.65. The van der Waals surface area contributed by atoms with E-state index < -0.39 is 28.3 Å². The van der Waals surface area contributed by atoms with Gasteiger partial charge in [-0.2, -0.15) is 0 Å². The van der Waals surface area contributed by atoms with E-state index in [9.17, 15) is 17.6 Å². The summed E-state index contributed by atoms with van der Waals surface area (Å²) in [5, 5.41) is 2.81. The van der Waals surface area contributed by atoms with Crippen molar-refractivity contribution < 1.29 is 17.6 Å². The predicted molar refractivity (Wildman–Crippen MR) is 128 cm³/mol. The topological polar surface area (TPSA) is 84.3 Å². The first-order chi connectivity index (χ1) is 16.4. The second-order valence-electron chi connectivity index (χ2n) is 7.55. The smallest absolute Gasteiger partial charge is 0.264 e. The highest BCUT2D eigenvalue weighted by Gasteiger charge is 2.27. The predicted octanol–water partition coefficient (Wildman–Crippen LogP) is 3.83. The van der Waals surface area contributed by atoms with E-state index in [1.54, 1.807) is 36.5 Å². The summed E-state index contributed by atoms with van der Waals surface area (Å²) >= 11 is 0. The zero-order chi connectivity index (χ0) is 24.1. The molecule has 1 amide bonds. The van der Waals surface area contributed by atoms with Crippen molar-refractivity contribution in [2.45, 2.75) is 18.4 Å². The molecule has 0 aliphatic heterocycles. The molecule has 0 aliphatic rings. The van der Waals surface area contributed by atoms with Crippen LogP contribution in [0.5, 0.6) is 0 Å². The first kappa shape index (κ1) is 23.2. The molecule has 0 atom stereocenters. The number of sulfonamides is 1. The summed E-state index contributed by atoms with van der Waals surface area (Å²) in [7, 11) is -4.10. The van der Waals surface area contributed by atoms with Gasteiger partial charge in [0.15, 0.2) is 0 Å². The molecule has 0 radical (unpaired) electrons. The summed E-state index contributed by atoms with van der Waals surface area (Å²) in [6.07, 6.45) is 3.53. The molecule has 9 heteroatoms. The molecule has 34 heavy (non-hydrogen) atoms. The molecule has 1 N–H and O–H groups in total. The lowest BCUT2D eigenvalue weighted by atomic mass is 10.1. The van der Waals surface area contributed by atoms with Crippen molar-refractivity contribution in [3.63, 3.8) is 0 Å². The number of hydrogen-bond donors (Lipinski definition) is 1. The maximum absolute atomic E-state index is 13.4. The third kappa shape index (κ3) is 4.99. The van der Waals surface area contributed by atoms with Crippen molar-refractivity contribution in [3.8, 4) is 5.69 Å². The maximum atomic E-state index is 13.4. The van der Waals surface area contributed by atoms with Crippen molar-refractivity contribution in [1.29, 1.82) is 0 Å². The number of halogens is 1. The molecule has 1 aromatic heterocycles. The van der Waals surface area contributed by atoms with Crippen LogP contribution in [-0.4, -0.2) is 30.4 Å². The van der Waals surface area contributed by atoms with Crippen LogP contribution in [-0.2, 0) is 21.4 Å². The normalized spacial score (nSPS) is 11.2. The number of anilines is 1. The van der Waals surface area contributed by atoms with Gasteiger partial charge in [0.2, 0.25) is 5.91 Å². The highest BCUT2D eigenvalue weighted by molar-refractivity contribution is 7.92. The molecule has 0 fully saturated rings. The van der Waals surface area contributed by atoms with Crippen molar-refractivity contribution in [3.05, 3.63) is 108 Å². The number of aryl methyl sites for hydroxylation is 1. The van der Waals surface area contributed by atoms with Crippen molar-refractivity contribution >= 4 is 21.6 Å². The average Bonchev–Trinajstić information content (AvgIpc) is 3.27. The highest BCUT2D eigenvalue weighted by atomic mass is 32.2. The molecule has 4 rings (SSSR count). The van der Waals surface area contributed by atoms with Gasteiger partial charge in [0, 0.05) is 18.9 Å². The lowest BCUT2D eigenvalue weighted by molar-refractivity contribution is -0.119. The van der Waals surface area contributed by atoms with Gasteiger partial charge in [-0.1, -0.05) is 36.4 Å². The largest absolute Gasteiger partial charge is 0.350 e. The van der Waals surface area contributed by atoms with Gasteiger partial charge in [-0.05, 0) is 55.0 Å². The van der Waals surface area contributed by atoms with Crippen LogP contribution in [0.15, 0.2) is 96.2 Å². The molecule has 0 unspecified atom stereocenters. The van der Waals surface area contributed by atoms with Gasteiger partial charge >= 0.3 is 0 Å². The van der Waals surface area contributed by atoms with E-state index in [1.165, 1.54) is 12.1 Å². The van der Waals surface area contributed by atoms with Crippen molar-refractivity contribution in [1.82, 2.24) is 14.9 Å². The number of nitrogens with zero attached hydrogens (tertiary/aromatic N) is 3. The lowest BCUT2D eigenvalue weighted by Crippen LogP contribution is -2.40. The number of aromatic nitrogens is 2. The number of amides is 1. The van der Waals surface area contributed by atoms with E-state index in [2.05, 4.69) is 10.3 Å². The Labute approximate surface area is 197 Å². The Hall–Kier alpha value is -3.98. The SMILES string of the molecule is Cc1nccn1-c1ccccc1CNC(=O)CN(c1ccccc1)S(=O)(=O)c1ccc(F)cc1. The number of para-hydroxylation sites is 2. The summed E-state index contributed by atoms with van der Waals surface area (Å²) in [5.74, 6) is -0.221. The van der Waals surface area contributed by atoms with Crippen LogP contribution >= 0.6 is 0 Å². The number of hydrogen-bond acceptors (Lipinski definition) is 4. The number of benzene rings is 3. The number of imidazole rings is 1. The number of carbonyl (C=O) groups excluding carboxylic acids is 1. The van der Waals surface area contributed by atoms with Gasteiger partial charge in [-0.15, -0.1) is 0 Å². The molecule has 0 saturated carbocycles. The summed E-state index contributed by atoms with van der Waals surface area (Å²) in [6, 6.07) is 20.4. The molecular formula is C25H23FN4O3S. The minimum Gasteiger partial charge on any atom is -0.350 e. The van der Waals surface area contributed by atoms with E-state index in [-0.39, 0.29) is 11.4 Å². The van der Waals surface area contributed by atoms with E-state index >= 15 is 0 Å². The van der Waals surface area contributed by atoms with Crippen LogP contribution in [0.1, 0.15) is 11.4 Å². The van der Waals surface area contributed by atoms with Gasteiger partial charge < -0.3 is 9.88 Å². The second kappa shape index (κ2) is 9.88. The van der Waals surface area contributed by atoms with Crippen LogP contribution in [0.4, 0.5) is 10.1 Å². The fraction of sp³-hybridized carbons (Fsp3) is 0.120. The number of nitrogens with one attached hydrogen (secondary N) is 1. The van der Waals surface area contributed by atoms with Crippen LogP contribution in [0, 0.1) is 12.7 Å². The summed E-state index contributed by atoms with van der Waals surface area (Å²) < 4.78 is 42.9. The highest BCUT2D eigenvalue weighted by Crippen LogP contribution is 2.23. The Morgan fingerprint density at radius 3 is 2.35 bits per heavy atom. The zero-order valence-corrected chi connectivity index (χ0v) is 19.2. The Morgan fingerprint density at radius 1 is 1.00 bits per heavy atom. The molecular weight excluding hydrogens is 455 g/mol. The van der Waals surface area contributed by atoms with E-state index in [1.807, 2.05) is 42.0 Å². The van der Waals surface area contributed by atoms with E-state index in [0.29, 0.717) is 5.69 Å². The fourth-order valence-corrected chi connectivity index (χ4v) is 4.97. The van der Waals surface area contributed by atoms with Gasteiger partial charge in [0.1, 0.15) is 18.2 Å². The Balaban J connectivity index is 1.56. The Bertz CT molecular complexity index is 1390. The molecule has 1 heterocycles. The van der Waals surface area contributed by atoms with Crippen LogP contribution < -0.4 is 9.62 Å². The second-order valence-corrected chi connectivity index (χ2v) is 9.41. The van der Waals surface area contributed by atoms with Crippen molar-refractivity contribution in [2.75, 3.05) is 10.8 Å². The Kier molecular flexibility index (Phi) is 6.74. The molecule has 7 nitrogen and oxygen atoms in total. The average molecular weight is 479 g/mol. The van der Waals surface area contributed by atoms with Crippen molar-refractivity contribution in [2.24, 2.45) is 0 Å². The third-order valence-corrected chi connectivity index (χ3v) is 7.07. The summed E-state index contributed by atoms with van der Waals surface area (Å²) in [4.78, 5) is 17.0.